The summed E-state index contributed by atoms with van der Waals surface area (Å²) in [7, 11) is 0. The molecule has 1 heterocycles. The van der Waals surface area contributed by atoms with Crippen molar-refractivity contribution in [1.82, 2.24) is 0 Å². The molecule has 0 bridgehead atoms. The molecule has 0 N–H and O–H groups in total. The molecule has 4 rings (SSSR count). The van der Waals surface area contributed by atoms with E-state index in [1.165, 1.54) is 0 Å². The third-order valence-electron chi connectivity index (χ3n) is 5.13. The molecular weight excluding hydrogens is 380 g/mol. The molecule has 1 aliphatic rings. The van der Waals surface area contributed by atoms with Crippen LogP contribution in [0.25, 0.3) is 0 Å². The van der Waals surface area contributed by atoms with Crippen LogP contribution in [0.3, 0.4) is 0 Å². The monoisotopic (exact) mass is 402 g/mol. The lowest BCUT2D eigenvalue weighted by Gasteiger charge is -2.40. The Morgan fingerprint density at radius 3 is 2.10 bits per heavy atom. The van der Waals surface area contributed by atoms with Crippen molar-refractivity contribution >= 4 is 35.0 Å². The summed E-state index contributed by atoms with van der Waals surface area (Å²) in [4.78, 5) is 31.2. The number of carbonyl (C=O) groups is 2. The number of piperazine rings is 1. The van der Waals surface area contributed by atoms with Gasteiger partial charge in [-0.15, -0.1) is 11.8 Å². The molecule has 5 heteroatoms. The largest absolute Gasteiger partial charge is 0.301 e. The quantitative estimate of drug-likeness (QED) is 0.587. The molecule has 3 aromatic carbocycles. The van der Waals surface area contributed by atoms with Gasteiger partial charge in [0.2, 0.25) is 5.91 Å². The predicted octanol–water partition coefficient (Wildman–Crippen LogP) is 4.84. The van der Waals surface area contributed by atoms with Gasteiger partial charge in [0, 0.05) is 16.3 Å². The molecule has 4 nitrogen and oxygen atoms in total. The highest BCUT2D eigenvalue weighted by Gasteiger charge is 2.41. The first kappa shape index (κ1) is 19.3. The average Bonchev–Trinajstić information content (AvgIpc) is 2.76. The maximum atomic E-state index is 13.6. The topological polar surface area (TPSA) is 40.6 Å². The van der Waals surface area contributed by atoms with E-state index in [4.69, 9.17) is 0 Å². The van der Waals surface area contributed by atoms with Gasteiger partial charge in [-0.2, -0.15) is 0 Å². The van der Waals surface area contributed by atoms with E-state index in [0.29, 0.717) is 0 Å². The molecule has 0 aromatic heterocycles. The standard InChI is InChI=1S/C24H22N2O2S/c1-17-8-12-19(13-9-17)25-16-22(27)26(20-6-4-3-5-7-20)23(24(25)28)18-10-14-21(29-2)15-11-18/h3-15,23H,16H2,1-2H3/t23-/m0/s1. The highest BCUT2D eigenvalue weighted by Crippen LogP contribution is 2.35. The molecule has 0 radical (unpaired) electrons. The number of benzene rings is 3. The Morgan fingerprint density at radius 1 is 0.828 bits per heavy atom. The molecular formula is C24H22N2O2S. The minimum absolute atomic E-state index is 0.0240. The van der Waals surface area contributed by atoms with E-state index < -0.39 is 6.04 Å². The van der Waals surface area contributed by atoms with Crippen molar-refractivity contribution in [3.63, 3.8) is 0 Å². The Hall–Kier alpha value is -3.05. The van der Waals surface area contributed by atoms with E-state index >= 15 is 0 Å². The van der Waals surface area contributed by atoms with Crippen LogP contribution in [0.15, 0.2) is 83.8 Å². The average molecular weight is 403 g/mol. The van der Waals surface area contributed by atoms with Crippen LogP contribution in [0.5, 0.6) is 0 Å². The molecule has 1 aliphatic heterocycles. The third kappa shape index (κ3) is 3.78. The van der Waals surface area contributed by atoms with E-state index in [9.17, 15) is 9.59 Å². The number of amides is 2. The fraction of sp³-hybridized carbons (Fsp3) is 0.167. The molecule has 1 saturated heterocycles. The zero-order chi connectivity index (χ0) is 20.4. The number of hydrogen-bond acceptors (Lipinski definition) is 3. The summed E-state index contributed by atoms with van der Waals surface area (Å²) in [5.74, 6) is -0.204. The molecule has 2 amide bonds. The van der Waals surface area contributed by atoms with E-state index in [1.807, 2.05) is 92.0 Å². The van der Waals surface area contributed by atoms with Crippen LogP contribution in [0, 0.1) is 6.92 Å². The first-order chi connectivity index (χ1) is 14.1. The van der Waals surface area contributed by atoms with E-state index in [0.717, 1.165) is 27.4 Å². The van der Waals surface area contributed by atoms with E-state index in [-0.39, 0.29) is 18.4 Å². The van der Waals surface area contributed by atoms with Crippen molar-refractivity contribution in [2.75, 3.05) is 22.6 Å². The van der Waals surface area contributed by atoms with Gasteiger partial charge in [0.05, 0.1) is 0 Å². The third-order valence-corrected chi connectivity index (χ3v) is 5.88. The second-order valence-corrected chi connectivity index (χ2v) is 7.91. The van der Waals surface area contributed by atoms with Crippen LogP contribution in [0.1, 0.15) is 17.2 Å². The Labute approximate surface area is 175 Å². The number of rotatable bonds is 4. The lowest BCUT2D eigenvalue weighted by Crippen LogP contribution is -2.56. The second kappa shape index (κ2) is 8.13. The van der Waals surface area contributed by atoms with E-state index in [1.54, 1.807) is 21.6 Å². The van der Waals surface area contributed by atoms with Gasteiger partial charge in [-0.3, -0.25) is 14.5 Å². The molecule has 3 aromatic rings. The van der Waals surface area contributed by atoms with Gasteiger partial charge in [-0.1, -0.05) is 48.0 Å². The normalized spacial score (nSPS) is 17.0. The predicted molar refractivity (Wildman–Crippen MR) is 118 cm³/mol. The fourth-order valence-electron chi connectivity index (χ4n) is 3.59. The molecule has 0 unspecified atom stereocenters. The smallest absolute Gasteiger partial charge is 0.255 e. The van der Waals surface area contributed by atoms with Gasteiger partial charge in [0.15, 0.2) is 0 Å². The minimum Gasteiger partial charge on any atom is -0.301 e. The second-order valence-electron chi connectivity index (χ2n) is 7.03. The molecule has 0 aliphatic carbocycles. The summed E-state index contributed by atoms with van der Waals surface area (Å²) >= 11 is 1.65. The maximum absolute atomic E-state index is 13.6. The molecule has 1 fully saturated rings. The van der Waals surface area contributed by atoms with Gasteiger partial charge in [0.25, 0.3) is 5.91 Å². The molecule has 29 heavy (non-hydrogen) atoms. The van der Waals surface area contributed by atoms with Crippen LogP contribution in [-0.4, -0.2) is 24.6 Å². The molecule has 0 spiro atoms. The minimum atomic E-state index is -0.698. The number of hydrogen-bond donors (Lipinski definition) is 0. The Bertz CT molecular complexity index is 1020. The Balaban J connectivity index is 1.79. The van der Waals surface area contributed by atoms with Gasteiger partial charge < -0.3 is 4.90 Å². The summed E-state index contributed by atoms with van der Waals surface area (Å²) in [6.07, 6.45) is 2.01. The van der Waals surface area contributed by atoms with Crippen LogP contribution in [0.4, 0.5) is 11.4 Å². The van der Waals surface area contributed by atoms with Crippen molar-refractivity contribution < 1.29 is 9.59 Å². The van der Waals surface area contributed by atoms with Gasteiger partial charge in [-0.05, 0) is 55.1 Å². The highest BCUT2D eigenvalue weighted by molar-refractivity contribution is 7.98. The first-order valence-corrected chi connectivity index (χ1v) is 10.7. The summed E-state index contributed by atoms with van der Waals surface area (Å²) in [6.45, 7) is 2.02. The summed E-state index contributed by atoms with van der Waals surface area (Å²) < 4.78 is 0. The number of aryl methyl sites for hydroxylation is 1. The molecule has 0 saturated carbocycles. The lowest BCUT2D eigenvalue weighted by atomic mass is 9.99. The molecule has 146 valence electrons. The van der Waals surface area contributed by atoms with Crippen molar-refractivity contribution in [2.24, 2.45) is 0 Å². The van der Waals surface area contributed by atoms with E-state index in [2.05, 4.69) is 0 Å². The summed E-state index contributed by atoms with van der Waals surface area (Å²) in [6, 6.07) is 24.3. The maximum Gasteiger partial charge on any atom is 0.255 e. The van der Waals surface area contributed by atoms with Crippen LogP contribution >= 0.6 is 11.8 Å². The van der Waals surface area contributed by atoms with Gasteiger partial charge in [0.1, 0.15) is 12.6 Å². The van der Waals surface area contributed by atoms with Crippen molar-refractivity contribution in [3.05, 3.63) is 90.0 Å². The Morgan fingerprint density at radius 2 is 1.48 bits per heavy atom. The highest BCUT2D eigenvalue weighted by atomic mass is 32.2. The zero-order valence-corrected chi connectivity index (χ0v) is 17.2. The number of anilines is 2. The summed E-state index contributed by atoms with van der Waals surface area (Å²) in [5, 5.41) is 0. The Kier molecular flexibility index (Phi) is 5.41. The SMILES string of the molecule is CSc1ccc([C@H]2C(=O)N(c3ccc(C)cc3)CC(=O)N2c2ccccc2)cc1. The first-order valence-electron chi connectivity index (χ1n) is 9.47. The van der Waals surface area contributed by atoms with Crippen LogP contribution in [0.2, 0.25) is 0 Å². The number of para-hydroxylation sites is 1. The van der Waals surface area contributed by atoms with Crippen molar-refractivity contribution in [2.45, 2.75) is 17.9 Å². The molecule has 1 atom stereocenters. The van der Waals surface area contributed by atoms with Crippen LogP contribution in [-0.2, 0) is 9.59 Å². The van der Waals surface area contributed by atoms with Crippen LogP contribution < -0.4 is 9.80 Å². The van der Waals surface area contributed by atoms with Crippen molar-refractivity contribution in [1.29, 1.82) is 0 Å². The number of carbonyl (C=O) groups excluding carboxylic acids is 2. The zero-order valence-electron chi connectivity index (χ0n) is 16.4. The fourth-order valence-corrected chi connectivity index (χ4v) is 4.00. The number of thioether (sulfide) groups is 1. The lowest BCUT2D eigenvalue weighted by molar-refractivity contribution is -0.128. The van der Waals surface area contributed by atoms with Gasteiger partial charge >= 0.3 is 0 Å². The number of nitrogens with zero attached hydrogens (tertiary/aromatic N) is 2. The van der Waals surface area contributed by atoms with Gasteiger partial charge in [-0.25, -0.2) is 0 Å². The summed E-state index contributed by atoms with van der Waals surface area (Å²) in [5.41, 5.74) is 3.39. The van der Waals surface area contributed by atoms with Crippen molar-refractivity contribution in [3.8, 4) is 0 Å².